The maximum Gasteiger partial charge on any atom is 0.0572 e. The van der Waals surface area contributed by atoms with Crippen molar-refractivity contribution in [1.82, 2.24) is 5.32 Å². The van der Waals surface area contributed by atoms with Crippen molar-refractivity contribution in [3.63, 3.8) is 0 Å². The molecule has 0 aliphatic heterocycles. The van der Waals surface area contributed by atoms with Crippen molar-refractivity contribution in [2.24, 2.45) is 0 Å². The van der Waals surface area contributed by atoms with Gasteiger partial charge in [0.05, 0.1) is 15.7 Å². The van der Waals surface area contributed by atoms with Crippen LogP contribution in [0.5, 0.6) is 0 Å². The fraction of sp³-hybridized carbons (Fsp3) is 0.538. The molecule has 0 spiro atoms. The highest BCUT2D eigenvalue weighted by atomic mass is 79.9. The molecule has 0 radical (unpaired) electrons. The molecule has 0 amide bonds. The maximum atomic E-state index is 12.5. The minimum absolute atomic E-state index is 0.303. The predicted molar refractivity (Wildman–Crippen MR) is 75.7 cm³/mol. The van der Waals surface area contributed by atoms with Crippen LogP contribution in [0.15, 0.2) is 33.6 Å². The largest absolute Gasteiger partial charge is 0.314 e. The highest BCUT2D eigenvalue weighted by Gasteiger charge is 2.29. The van der Waals surface area contributed by atoms with E-state index in [2.05, 4.69) is 28.2 Å². The summed E-state index contributed by atoms with van der Waals surface area (Å²) in [4.78, 5) is 0.939. The van der Waals surface area contributed by atoms with E-state index in [1.54, 1.807) is 0 Å². The van der Waals surface area contributed by atoms with Gasteiger partial charge in [-0.1, -0.05) is 19.1 Å². The van der Waals surface area contributed by atoms with Gasteiger partial charge >= 0.3 is 0 Å². The molecule has 17 heavy (non-hydrogen) atoms. The van der Waals surface area contributed by atoms with Gasteiger partial charge in [0, 0.05) is 15.8 Å². The molecule has 1 aliphatic carbocycles. The number of benzene rings is 1. The summed E-state index contributed by atoms with van der Waals surface area (Å²) in [6, 6.07) is 8.39. The van der Waals surface area contributed by atoms with Gasteiger partial charge in [0.15, 0.2) is 0 Å². The Kier molecular flexibility index (Phi) is 4.77. The first kappa shape index (κ1) is 13.2. The highest BCUT2D eigenvalue weighted by Crippen LogP contribution is 2.30. The molecule has 2 nitrogen and oxygen atoms in total. The van der Waals surface area contributed by atoms with Gasteiger partial charge < -0.3 is 5.32 Å². The summed E-state index contributed by atoms with van der Waals surface area (Å²) >= 11 is 3.48. The van der Waals surface area contributed by atoms with E-state index in [1.165, 1.54) is 0 Å². The van der Waals surface area contributed by atoms with Gasteiger partial charge in [0.1, 0.15) is 0 Å². The van der Waals surface area contributed by atoms with Crippen LogP contribution in [0, 0.1) is 0 Å². The van der Waals surface area contributed by atoms with Crippen molar-refractivity contribution < 1.29 is 4.21 Å². The molecule has 1 aromatic rings. The summed E-state index contributed by atoms with van der Waals surface area (Å²) < 4.78 is 13.4. The number of halogens is 1. The Morgan fingerprint density at radius 3 is 2.88 bits per heavy atom. The molecule has 2 rings (SSSR count). The van der Waals surface area contributed by atoms with Crippen molar-refractivity contribution in [2.45, 2.75) is 42.4 Å². The molecule has 3 atom stereocenters. The third-order valence-electron chi connectivity index (χ3n) is 3.23. The number of nitrogens with one attached hydrogen (secondary N) is 1. The molecule has 0 aromatic heterocycles. The lowest BCUT2D eigenvalue weighted by Crippen LogP contribution is -2.27. The van der Waals surface area contributed by atoms with E-state index in [4.69, 9.17) is 0 Å². The van der Waals surface area contributed by atoms with Gasteiger partial charge in [-0.25, -0.2) is 0 Å². The maximum absolute atomic E-state index is 12.5. The third-order valence-corrected chi connectivity index (χ3v) is 6.01. The quantitative estimate of drug-likeness (QED) is 0.925. The first-order valence-corrected chi connectivity index (χ1v) is 8.11. The molecule has 1 saturated carbocycles. The molecule has 0 heterocycles. The van der Waals surface area contributed by atoms with E-state index in [1.807, 2.05) is 24.3 Å². The minimum Gasteiger partial charge on any atom is -0.314 e. The lowest BCUT2D eigenvalue weighted by atomic mass is 10.2. The molecular weight excluding hydrogens is 298 g/mol. The average molecular weight is 316 g/mol. The van der Waals surface area contributed by atoms with Crippen LogP contribution in [0.4, 0.5) is 0 Å². The monoisotopic (exact) mass is 315 g/mol. The number of hydrogen-bond acceptors (Lipinski definition) is 2. The Hall–Kier alpha value is -0.190. The highest BCUT2D eigenvalue weighted by molar-refractivity contribution is 9.10. The van der Waals surface area contributed by atoms with E-state index in [9.17, 15) is 4.21 Å². The summed E-state index contributed by atoms with van der Waals surface area (Å²) in [5.41, 5.74) is 0. The van der Waals surface area contributed by atoms with Gasteiger partial charge in [-0.15, -0.1) is 0 Å². The molecule has 0 bridgehead atoms. The fourth-order valence-electron chi connectivity index (χ4n) is 2.40. The second kappa shape index (κ2) is 6.12. The van der Waals surface area contributed by atoms with Crippen LogP contribution in [-0.2, 0) is 10.8 Å². The van der Waals surface area contributed by atoms with Gasteiger partial charge in [0.25, 0.3) is 0 Å². The Labute approximate surface area is 114 Å². The van der Waals surface area contributed by atoms with Crippen LogP contribution in [0.2, 0.25) is 0 Å². The van der Waals surface area contributed by atoms with Crippen LogP contribution in [-0.4, -0.2) is 22.0 Å². The van der Waals surface area contributed by atoms with Crippen molar-refractivity contribution in [3.8, 4) is 0 Å². The molecule has 3 unspecified atom stereocenters. The molecule has 1 N–H and O–H groups in total. The third kappa shape index (κ3) is 3.18. The molecule has 1 fully saturated rings. The minimum atomic E-state index is -0.881. The predicted octanol–water partition coefficient (Wildman–Crippen LogP) is 3.09. The normalized spacial score (nSPS) is 26.0. The van der Waals surface area contributed by atoms with Gasteiger partial charge in [-0.05, 0) is 53.9 Å². The Morgan fingerprint density at radius 2 is 2.18 bits per heavy atom. The van der Waals surface area contributed by atoms with E-state index in [0.29, 0.717) is 11.3 Å². The summed E-state index contributed by atoms with van der Waals surface area (Å²) in [5, 5.41) is 3.75. The number of hydrogen-bond donors (Lipinski definition) is 1. The fourth-order valence-corrected chi connectivity index (χ4v) is 4.75. The van der Waals surface area contributed by atoms with Crippen molar-refractivity contribution in [2.75, 3.05) is 6.54 Å². The first-order valence-electron chi connectivity index (χ1n) is 6.11. The zero-order valence-electron chi connectivity index (χ0n) is 9.99. The zero-order valence-corrected chi connectivity index (χ0v) is 12.4. The molecule has 1 aliphatic rings. The molecule has 0 saturated heterocycles. The Bertz CT molecular complexity index is 410. The van der Waals surface area contributed by atoms with Gasteiger partial charge in [-0.3, -0.25) is 4.21 Å². The Balaban J connectivity index is 2.05. The van der Waals surface area contributed by atoms with E-state index in [-0.39, 0.29) is 0 Å². The summed E-state index contributed by atoms with van der Waals surface area (Å²) in [6.07, 6.45) is 3.24. The standard InChI is InChI=1S/C13H18BrNOS/c1-2-15-10-7-8-11(9-10)17(16)13-6-4-3-5-12(13)14/h3-6,10-11,15H,2,7-9H2,1H3. The SMILES string of the molecule is CCNC1CCC(S(=O)c2ccccc2Br)C1. The van der Waals surface area contributed by atoms with Crippen LogP contribution >= 0.6 is 15.9 Å². The smallest absolute Gasteiger partial charge is 0.0572 e. The van der Waals surface area contributed by atoms with Crippen LogP contribution in [0.25, 0.3) is 0 Å². The second-order valence-corrected chi connectivity index (χ2v) is 6.97. The van der Waals surface area contributed by atoms with Crippen molar-refractivity contribution in [3.05, 3.63) is 28.7 Å². The van der Waals surface area contributed by atoms with Gasteiger partial charge in [0.2, 0.25) is 0 Å². The molecule has 4 heteroatoms. The molecule has 94 valence electrons. The van der Waals surface area contributed by atoms with Crippen molar-refractivity contribution in [1.29, 1.82) is 0 Å². The summed E-state index contributed by atoms with van der Waals surface area (Å²) in [5.74, 6) is 0. The topological polar surface area (TPSA) is 29.1 Å². The molecule has 1 aromatic carbocycles. The van der Waals surface area contributed by atoms with E-state index < -0.39 is 10.8 Å². The average Bonchev–Trinajstić information content (AvgIpc) is 2.78. The van der Waals surface area contributed by atoms with Crippen LogP contribution < -0.4 is 5.32 Å². The van der Waals surface area contributed by atoms with Crippen molar-refractivity contribution >= 4 is 26.7 Å². The number of rotatable bonds is 4. The lowest BCUT2D eigenvalue weighted by Gasteiger charge is -2.12. The van der Waals surface area contributed by atoms with Crippen LogP contribution in [0.3, 0.4) is 0 Å². The Morgan fingerprint density at radius 1 is 1.41 bits per heavy atom. The first-order chi connectivity index (χ1) is 8.22. The summed E-state index contributed by atoms with van der Waals surface area (Å²) in [6.45, 7) is 3.12. The van der Waals surface area contributed by atoms with E-state index in [0.717, 1.165) is 35.2 Å². The summed E-state index contributed by atoms with van der Waals surface area (Å²) in [7, 11) is -0.881. The zero-order chi connectivity index (χ0) is 12.3. The second-order valence-electron chi connectivity index (χ2n) is 4.42. The lowest BCUT2D eigenvalue weighted by molar-refractivity contribution is 0.542. The molecular formula is C13H18BrNOS. The van der Waals surface area contributed by atoms with Gasteiger partial charge in [-0.2, -0.15) is 0 Å². The van der Waals surface area contributed by atoms with Crippen LogP contribution in [0.1, 0.15) is 26.2 Å². The van der Waals surface area contributed by atoms with E-state index >= 15 is 0 Å².